The molecule has 0 saturated carbocycles. The van der Waals surface area contributed by atoms with E-state index in [0.29, 0.717) is 17.9 Å². The topological polar surface area (TPSA) is 59.8 Å². The van der Waals surface area contributed by atoms with Gasteiger partial charge in [0.25, 0.3) is 5.91 Å². The molecule has 0 radical (unpaired) electrons. The lowest BCUT2D eigenvalue weighted by Gasteiger charge is -2.09. The third-order valence-electron chi connectivity index (χ3n) is 2.86. The van der Waals surface area contributed by atoms with Crippen LogP contribution in [0.3, 0.4) is 0 Å². The molecule has 3 aromatic heterocycles. The van der Waals surface area contributed by atoms with Crippen LogP contribution in [0, 0.1) is 0 Å². The zero-order chi connectivity index (χ0) is 14.7. The number of hydrogen-bond acceptors (Lipinski definition) is 4. The second-order valence-electron chi connectivity index (χ2n) is 4.26. The van der Waals surface area contributed by atoms with Gasteiger partial charge in [-0.05, 0) is 34.1 Å². The number of aromatic nitrogens is 3. The van der Waals surface area contributed by atoms with Crippen LogP contribution < -0.4 is 5.32 Å². The van der Waals surface area contributed by atoms with Crippen LogP contribution in [0.4, 0.5) is 0 Å². The van der Waals surface area contributed by atoms with Crippen molar-refractivity contribution in [2.24, 2.45) is 0 Å². The first kappa shape index (κ1) is 14.0. The highest BCUT2D eigenvalue weighted by Gasteiger charge is 2.10. The van der Waals surface area contributed by atoms with Gasteiger partial charge in [0.1, 0.15) is 0 Å². The predicted octanol–water partition coefficient (Wildman–Crippen LogP) is 3.02. The van der Waals surface area contributed by atoms with Crippen molar-refractivity contribution in [3.63, 3.8) is 0 Å². The third-order valence-corrected chi connectivity index (χ3v) is 4.36. The van der Waals surface area contributed by atoms with Crippen LogP contribution in [0.15, 0.2) is 52.0 Å². The Labute approximate surface area is 133 Å². The SMILES string of the molecule is O=C(NCc1cccnc1-n1cccn1)c1csc(Br)c1. The van der Waals surface area contributed by atoms with E-state index in [-0.39, 0.29) is 5.91 Å². The minimum atomic E-state index is -0.104. The molecule has 0 fully saturated rings. The highest BCUT2D eigenvalue weighted by atomic mass is 79.9. The van der Waals surface area contributed by atoms with E-state index in [4.69, 9.17) is 0 Å². The molecule has 7 heteroatoms. The van der Waals surface area contributed by atoms with Crippen LogP contribution in [0.2, 0.25) is 0 Å². The number of amides is 1. The summed E-state index contributed by atoms with van der Waals surface area (Å²) in [5.41, 5.74) is 1.56. The highest BCUT2D eigenvalue weighted by Crippen LogP contribution is 2.20. The molecule has 1 amide bonds. The Bertz CT molecular complexity index is 754. The van der Waals surface area contributed by atoms with Crippen molar-refractivity contribution < 1.29 is 4.79 Å². The van der Waals surface area contributed by atoms with E-state index in [1.165, 1.54) is 11.3 Å². The molecule has 106 valence electrons. The van der Waals surface area contributed by atoms with E-state index in [1.54, 1.807) is 23.1 Å². The number of halogens is 1. The van der Waals surface area contributed by atoms with E-state index in [2.05, 4.69) is 31.3 Å². The molecule has 3 aromatic rings. The van der Waals surface area contributed by atoms with Crippen molar-refractivity contribution in [2.45, 2.75) is 6.54 Å². The molecule has 3 rings (SSSR count). The maximum atomic E-state index is 12.1. The normalized spacial score (nSPS) is 10.5. The Morgan fingerprint density at radius 2 is 2.29 bits per heavy atom. The fourth-order valence-corrected chi connectivity index (χ4v) is 3.01. The molecule has 1 N–H and O–H groups in total. The van der Waals surface area contributed by atoms with Crippen molar-refractivity contribution in [1.29, 1.82) is 0 Å². The van der Waals surface area contributed by atoms with Crippen LogP contribution >= 0.6 is 27.3 Å². The van der Waals surface area contributed by atoms with Crippen LogP contribution in [0.5, 0.6) is 0 Å². The standard InChI is InChI=1S/C14H11BrN4OS/c15-12-7-11(9-21-12)14(20)17-8-10-3-1-4-16-13(10)19-6-2-5-18-19/h1-7,9H,8H2,(H,17,20). The summed E-state index contributed by atoms with van der Waals surface area (Å²) in [7, 11) is 0. The third kappa shape index (κ3) is 3.20. The number of carbonyl (C=O) groups excluding carboxylic acids is 1. The molecule has 0 aliphatic heterocycles. The molecule has 21 heavy (non-hydrogen) atoms. The molecule has 0 aromatic carbocycles. The summed E-state index contributed by atoms with van der Waals surface area (Å²) in [4.78, 5) is 16.4. The van der Waals surface area contributed by atoms with E-state index < -0.39 is 0 Å². The van der Waals surface area contributed by atoms with Crippen molar-refractivity contribution in [3.8, 4) is 5.82 Å². The van der Waals surface area contributed by atoms with Gasteiger partial charge in [-0.2, -0.15) is 5.10 Å². The largest absolute Gasteiger partial charge is 0.348 e. The summed E-state index contributed by atoms with van der Waals surface area (Å²) in [6, 6.07) is 7.40. The van der Waals surface area contributed by atoms with Crippen molar-refractivity contribution >= 4 is 33.2 Å². The van der Waals surface area contributed by atoms with E-state index >= 15 is 0 Å². The van der Waals surface area contributed by atoms with Crippen LogP contribution in [0.1, 0.15) is 15.9 Å². The maximum absolute atomic E-state index is 12.1. The number of thiophene rings is 1. The quantitative estimate of drug-likeness (QED) is 0.775. The van der Waals surface area contributed by atoms with Crippen LogP contribution in [-0.2, 0) is 6.54 Å². The second kappa shape index (κ2) is 6.19. The lowest BCUT2D eigenvalue weighted by Crippen LogP contribution is -2.23. The Hall–Kier alpha value is -1.99. The predicted molar refractivity (Wildman–Crippen MR) is 84.5 cm³/mol. The van der Waals surface area contributed by atoms with Gasteiger partial charge in [-0.1, -0.05) is 6.07 Å². The summed E-state index contributed by atoms with van der Waals surface area (Å²) in [5, 5.41) is 8.89. The minimum absolute atomic E-state index is 0.104. The van der Waals surface area contributed by atoms with Gasteiger partial charge < -0.3 is 5.32 Å². The van der Waals surface area contributed by atoms with Gasteiger partial charge >= 0.3 is 0 Å². The number of carbonyl (C=O) groups is 1. The first-order valence-corrected chi connectivity index (χ1v) is 7.87. The molecular formula is C14H11BrN4OS. The maximum Gasteiger partial charge on any atom is 0.252 e. The van der Waals surface area contributed by atoms with Gasteiger partial charge in [0, 0.05) is 36.1 Å². The van der Waals surface area contributed by atoms with Crippen molar-refractivity contribution in [3.05, 3.63) is 63.1 Å². The molecule has 0 aliphatic carbocycles. The van der Waals surface area contributed by atoms with Gasteiger partial charge in [0.2, 0.25) is 0 Å². The Kier molecular flexibility index (Phi) is 4.12. The zero-order valence-electron chi connectivity index (χ0n) is 10.9. The average molecular weight is 363 g/mol. The molecule has 0 bridgehead atoms. The first-order valence-electron chi connectivity index (χ1n) is 6.20. The van der Waals surface area contributed by atoms with Gasteiger partial charge in [-0.15, -0.1) is 11.3 Å². The fraction of sp³-hybridized carbons (Fsp3) is 0.0714. The molecular weight excluding hydrogens is 352 g/mol. The molecule has 0 atom stereocenters. The Balaban J connectivity index is 1.75. The first-order chi connectivity index (χ1) is 10.2. The van der Waals surface area contributed by atoms with Crippen LogP contribution in [-0.4, -0.2) is 20.7 Å². The van der Waals surface area contributed by atoms with E-state index in [0.717, 1.165) is 9.35 Å². The highest BCUT2D eigenvalue weighted by molar-refractivity contribution is 9.11. The summed E-state index contributed by atoms with van der Waals surface area (Å²) >= 11 is 4.84. The van der Waals surface area contributed by atoms with Gasteiger partial charge in [0.05, 0.1) is 9.35 Å². The smallest absolute Gasteiger partial charge is 0.252 e. The Morgan fingerprint density at radius 3 is 3.00 bits per heavy atom. The lowest BCUT2D eigenvalue weighted by atomic mass is 10.2. The van der Waals surface area contributed by atoms with E-state index in [1.807, 2.05) is 29.8 Å². The molecule has 0 saturated heterocycles. The summed E-state index contributed by atoms with van der Waals surface area (Å²) in [5.74, 6) is 0.613. The molecule has 5 nitrogen and oxygen atoms in total. The number of nitrogens with one attached hydrogen (secondary N) is 1. The van der Waals surface area contributed by atoms with E-state index in [9.17, 15) is 4.79 Å². The van der Waals surface area contributed by atoms with Crippen molar-refractivity contribution in [2.75, 3.05) is 0 Å². The average Bonchev–Trinajstić information content (AvgIpc) is 3.16. The minimum Gasteiger partial charge on any atom is -0.348 e. The van der Waals surface area contributed by atoms with Gasteiger partial charge in [-0.3, -0.25) is 4.79 Å². The van der Waals surface area contributed by atoms with Gasteiger partial charge in [0.15, 0.2) is 5.82 Å². The number of rotatable bonds is 4. The molecule has 0 spiro atoms. The van der Waals surface area contributed by atoms with Crippen molar-refractivity contribution in [1.82, 2.24) is 20.1 Å². The number of nitrogens with zero attached hydrogens (tertiary/aromatic N) is 3. The monoisotopic (exact) mass is 362 g/mol. The Morgan fingerprint density at radius 1 is 1.38 bits per heavy atom. The summed E-state index contributed by atoms with van der Waals surface area (Å²) in [6.07, 6.45) is 5.22. The molecule has 3 heterocycles. The summed E-state index contributed by atoms with van der Waals surface area (Å²) < 4.78 is 2.62. The van der Waals surface area contributed by atoms with Crippen LogP contribution in [0.25, 0.3) is 5.82 Å². The molecule has 0 unspecified atom stereocenters. The number of pyridine rings is 1. The number of hydrogen-bond donors (Lipinski definition) is 1. The summed E-state index contributed by atoms with van der Waals surface area (Å²) in [6.45, 7) is 0.398. The van der Waals surface area contributed by atoms with Gasteiger partial charge in [-0.25, -0.2) is 9.67 Å². The fourth-order valence-electron chi connectivity index (χ4n) is 1.88. The zero-order valence-corrected chi connectivity index (χ0v) is 13.3. The second-order valence-corrected chi connectivity index (χ2v) is 6.55. The lowest BCUT2D eigenvalue weighted by molar-refractivity contribution is 0.0951. The molecule has 0 aliphatic rings.